The van der Waals surface area contributed by atoms with E-state index in [-0.39, 0.29) is 11.5 Å². The first-order valence-corrected chi connectivity index (χ1v) is 9.64. The fourth-order valence-corrected chi connectivity index (χ4v) is 3.64. The van der Waals surface area contributed by atoms with Crippen molar-refractivity contribution < 1.29 is 19.0 Å². The Morgan fingerprint density at radius 3 is 2.74 bits per heavy atom. The highest BCUT2D eigenvalue weighted by atomic mass is 16.5. The molecule has 1 atom stereocenters. The van der Waals surface area contributed by atoms with Crippen LogP contribution < -0.4 is 15.2 Å². The number of aromatic amines is 1. The fourth-order valence-electron chi connectivity index (χ4n) is 3.64. The van der Waals surface area contributed by atoms with E-state index in [1.165, 1.54) is 7.11 Å². The first-order chi connectivity index (χ1) is 15.1. The van der Waals surface area contributed by atoms with Gasteiger partial charge in [-0.2, -0.15) is 5.26 Å². The van der Waals surface area contributed by atoms with Gasteiger partial charge >= 0.3 is 5.97 Å². The number of fused-ring (bicyclic) bond motifs is 1. The zero-order valence-corrected chi connectivity index (χ0v) is 17.0. The van der Waals surface area contributed by atoms with Crippen molar-refractivity contribution in [2.24, 2.45) is 5.73 Å². The van der Waals surface area contributed by atoms with E-state index in [1.54, 1.807) is 24.3 Å². The molecule has 2 heterocycles. The minimum atomic E-state index is -0.523. The summed E-state index contributed by atoms with van der Waals surface area (Å²) >= 11 is 0. The number of allylic oxidation sites excluding steroid dienone is 1. The van der Waals surface area contributed by atoms with Gasteiger partial charge in [0.25, 0.3) is 0 Å². The van der Waals surface area contributed by atoms with Gasteiger partial charge < -0.3 is 19.9 Å². The van der Waals surface area contributed by atoms with Gasteiger partial charge in [-0.1, -0.05) is 24.3 Å². The molecule has 1 unspecified atom stereocenters. The van der Waals surface area contributed by atoms with E-state index < -0.39 is 11.9 Å². The number of nitrogens with two attached hydrogens (primary N) is 1. The number of carbonyl (C=O) groups excluding carboxylic acids is 1. The lowest BCUT2D eigenvalue weighted by atomic mass is 9.83. The van der Waals surface area contributed by atoms with E-state index in [2.05, 4.69) is 16.3 Å². The van der Waals surface area contributed by atoms with Crippen LogP contribution in [0.4, 0.5) is 0 Å². The van der Waals surface area contributed by atoms with E-state index in [0.29, 0.717) is 29.3 Å². The Balaban J connectivity index is 1.85. The van der Waals surface area contributed by atoms with Gasteiger partial charge in [0.15, 0.2) is 0 Å². The van der Waals surface area contributed by atoms with Gasteiger partial charge in [-0.15, -0.1) is 5.10 Å². The molecule has 1 aliphatic rings. The zero-order valence-electron chi connectivity index (χ0n) is 17.0. The van der Waals surface area contributed by atoms with Crippen LogP contribution in [0.1, 0.15) is 34.3 Å². The number of aromatic nitrogens is 2. The normalized spacial score (nSPS) is 14.9. The predicted molar refractivity (Wildman–Crippen MR) is 112 cm³/mol. The number of nitrogens with zero attached hydrogens (tertiary/aromatic N) is 2. The second-order valence-corrected chi connectivity index (χ2v) is 6.82. The Morgan fingerprint density at radius 1 is 1.29 bits per heavy atom. The van der Waals surface area contributed by atoms with Crippen LogP contribution >= 0.6 is 0 Å². The van der Waals surface area contributed by atoms with Crippen LogP contribution in [0.25, 0.3) is 11.3 Å². The number of ether oxygens (including phenoxy) is 3. The summed E-state index contributed by atoms with van der Waals surface area (Å²) in [5.41, 5.74) is 9.68. The lowest BCUT2D eigenvalue weighted by Crippen LogP contribution is -2.21. The summed E-state index contributed by atoms with van der Waals surface area (Å²) in [5, 5.41) is 17.1. The molecular formula is C23H20N4O4. The maximum atomic E-state index is 11.8. The standard InChI is InChI=1S/C23H20N4O4/c1-3-30-16-6-4-5-15(11-16)20-19-18(13-7-9-14(10-8-13)23(28)29-2)17(12-24)21(25)31-22(19)27-26-20/h4-11,18H,3,25H2,1-2H3,(H,26,27). The smallest absolute Gasteiger partial charge is 0.337 e. The molecule has 0 amide bonds. The zero-order chi connectivity index (χ0) is 22.0. The molecular weight excluding hydrogens is 396 g/mol. The summed E-state index contributed by atoms with van der Waals surface area (Å²) in [7, 11) is 1.33. The second-order valence-electron chi connectivity index (χ2n) is 6.82. The molecule has 0 aliphatic carbocycles. The van der Waals surface area contributed by atoms with E-state index in [4.69, 9.17) is 19.9 Å². The molecule has 3 aromatic rings. The molecule has 3 N–H and O–H groups in total. The highest BCUT2D eigenvalue weighted by Gasteiger charge is 2.35. The third-order valence-electron chi connectivity index (χ3n) is 5.04. The van der Waals surface area contributed by atoms with Crippen LogP contribution in [-0.2, 0) is 4.74 Å². The van der Waals surface area contributed by atoms with Gasteiger partial charge in [0.1, 0.15) is 17.4 Å². The Hall–Kier alpha value is -4.25. The Labute approximate surface area is 178 Å². The Bertz CT molecular complexity index is 1210. The maximum Gasteiger partial charge on any atom is 0.337 e. The van der Waals surface area contributed by atoms with E-state index in [1.807, 2.05) is 31.2 Å². The molecule has 31 heavy (non-hydrogen) atoms. The molecule has 0 bridgehead atoms. The third kappa shape index (κ3) is 3.57. The number of hydrogen-bond donors (Lipinski definition) is 2. The van der Waals surface area contributed by atoms with E-state index in [9.17, 15) is 10.1 Å². The van der Waals surface area contributed by atoms with Crippen molar-refractivity contribution in [2.75, 3.05) is 13.7 Å². The van der Waals surface area contributed by atoms with Crippen molar-refractivity contribution in [3.8, 4) is 29.0 Å². The highest BCUT2D eigenvalue weighted by molar-refractivity contribution is 5.89. The van der Waals surface area contributed by atoms with E-state index >= 15 is 0 Å². The topological polar surface area (TPSA) is 123 Å². The van der Waals surface area contributed by atoms with Crippen LogP contribution in [-0.4, -0.2) is 29.9 Å². The molecule has 0 spiro atoms. The average molecular weight is 416 g/mol. The number of esters is 1. The Kier molecular flexibility index (Phi) is 5.33. The molecule has 2 aromatic carbocycles. The highest BCUT2D eigenvalue weighted by Crippen LogP contribution is 2.45. The first kappa shape index (κ1) is 20.0. The number of nitrogens with one attached hydrogen (secondary N) is 1. The van der Waals surface area contributed by atoms with E-state index in [0.717, 1.165) is 16.9 Å². The van der Waals surface area contributed by atoms with Gasteiger partial charge in [0, 0.05) is 5.56 Å². The molecule has 156 valence electrons. The molecule has 4 rings (SSSR count). The largest absolute Gasteiger partial charge is 0.494 e. The summed E-state index contributed by atoms with van der Waals surface area (Å²) in [4.78, 5) is 11.8. The van der Waals surface area contributed by atoms with Crippen LogP contribution in [0.5, 0.6) is 11.6 Å². The number of rotatable bonds is 5. The number of methoxy groups -OCH3 is 1. The van der Waals surface area contributed by atoms with Crippen molar-refractivity contribution >= 4 is 5.97 Å². The molecule has 0 saturated carbocycles. The summed E-state index contributed by atoms with van der Waals surface area (Å²) in [6, 6.07) is 16.6. The predicted octanol–water partition coefficient (Wildman–Crippen LogP) is 3.48. The second kappa shape index (κ2) is 8.24. The van der Waals surface area contributed by atoms with Crippen LogP contribution in [0.3, 0.4) is 0 Å². The minimum absolute atomic E-state index is 0.00170. The SMILES string of the molecule is CCOc1cccc(-c2[nH]nc3c2C(c2ccc(C(=O)OC)cc2)C(C#N)=C(N)O3)c1. The molecule has 0 saturated heterocycles. The number of H-pyrrole nitrogens is 1. The lowest BCUT2D eigenvalue weighted by Gasteiger charge is -2.24. The molecule has 1 aliphatic heterocycles. The molecule has 1 aromatic heterocycles. The molecule has 8 heteroatoms. The van der Waals surface area contributed by atoms with Crippen molar-refractivity contribution in [3.05, 3.63) is 76.7 Å². The molecule has 8 nitrogen and oxygen atoms in total. The maximum absolute atomic E-state index is 11.8. The lowest BCUT2D eigenvalue weighted by molar-refractivity contribution is 0.0600. The number of benzene rings is 2. The van der Waals surface area contributed by atoms with Crippen molar-refractivity contribution in [1.82, 2.24) is 10.2 Å². The minimum Gasteiger partial charge on any atom is -0.494 e. The van der Waals surface area contributed by atoms with Gasteiger partial charge in [0.2, 0.25) is 11.8 Å². The third-order valence-corrected chi connectivity index (χ3v) is 5.04. The summed E-state index contributed by atoms with van der Waals surface area (Å²) in [6.45, 7) is 2.46. The fraction of sp³-hybridized carbons (Fsp3) is 0.174. The van der Waals surface area contributed by atoms with Crippen molar-refractivity contribution in [3.63, 3.8) is 0 Å². The Morgan fingerprint density at radius 2 is 2.06 bits per heavy atom. The molecule has 0 radical (unpaired) electrons. The van der Waals surface area contributed by atoms with Crippen molar-refractivity contribution in [1.29, 1.82) is 5.26 Å². The summed E-state index contributed by atoms with van der Waals surface area (Å²) in [5.74, 6) is 0.0552. The quantitative estimate of drug-likeness (QED) is 0.610. The average Bonchev–Trinajstić information content (AvgIpc) is 3.21. The van der Waals surface area contributed by atoms with Crippen LogP contribution in [0.2, 0.25) is 0 Å². The summed E-state index contributed by atoms with van der Waals surface area (Å²) < 4.78 is 16.0. The van der Waals surface area contributed by atoms with Gasteiger partial charge in [-0.05, 0) is 36.8 Å². The van der Waals surface area contributed by atoms with Crippen LogP contribution in [0, 0.1) is 11.3 Å². The van der Waals surface area contributed by atoms with Crippen LogP contribution in [0.15, 0.2) is 60.0 Å². The summed E-state index contributed by atoms with van der Waals surface area (Å²) in [6.07, 6.45) is 0. The first-order valence-electron chi connectivity index (χ1n) is 9.64. The van der Waals surface area contributed by atoms with Crippen molar-refractivity contribution in [2.45, 2.75) is 12.8 Å². The van der Waals surface area contributed by atoms with Gasteiger partial charge in [0.05, 0.1) is 36.5 Å². The number of carbonyl (C=O) groups is 1. The number of hydrogen-bond acceptors (Lipinski definition) is 7. The molecule has 0 fully saturated rings. The van der Waals surface area contributed by atoms with Gasteiger partial charge in [-0.3, -0.25) is 5.10 Å². The monoisotopic (exact) mass is 416 g/mol. The number of nitriles is 1. The van der Waals surface area contributed by atoms with Gasteiger partial charge in [-0.25, -0.2) is 4.79 Å².